The smallest absolute Gasteiger partial charge is 0.251 e. The molecule has 5 nitrogen and oxygen atoms in total. The van der Waals surface area contributed by atoms with Gasteiger partial charge in [-0.3, -0.25) is 9.78 Å². The van der Waals surface area contributed by atoms with Crippen molar-refractivity contribution in [2.75, 3.05) is 19.8 Å². The Kier molecular flexibility index (Phi) is 5.35. The standard InChI is InChI=1S/C20H26N2O3/c1-4-25-20(2,3)19(23)22-18-13-24-12-15(18)11-14-9-10-21-17-8-6-5-7-16(14)17/h5-10,15,18H,4,11-13H2,1-3H3,(H,22,23)/t15-,18-/m1/s1. The monoisotopic (exact) mass is 342 g/mol. The molecule has 25 heavy (non-hydrogen) atoms. The van der Waals surface area contributed by atoms with Crippen LogP contribution in [-0.4, -0.2) is 42.4 Å². The average Bonchev–Trinajstić information content (AvgIpc) is 3.02. The molecular formula is C20H26N2O3. The molecule has 0 bridgehead atoms. The van der Waals surface area contributed by atoms with E-state index in [2.05, 4.69) is 22.4 Å². The second-order valence-electron chi connectivity index (χ2n) is 7.01. The van der Waals surface area contributed by atoms with Gasteiger partial charge in [-0.2, -0.15) is 0 Å². The van der Waals surface area contributed by atoms with E-state index in [1.165, 1.54) is 5.56 Å². The number of pyridine rings is 1. The molecule has 2 heterocycles. The highest BCUT2D eigenvalue weighted by molar-refractivity contribution is 5.84. The van der Waals surface area contributed by atoms with Crippen LogP contribution in [-0.2, 0) is 20.7 Å². The van der Waals surface area contributed by atoms with E-state index in [4.69, 9.17) is 9.47 Å². The van der Waals surface area contributed by atoms with Crippen molar-refractivity contribution in [3.8, 4) is 0 Å². The molecule has 1 amide bonds. The third-order valence-electron chi connectivity index (χ3n) is 4.79. The van der Waals surface area contributed by atoms with Gasteiger partial charge in [0.25, 0.3) is 5.91 Å². The zero-order valence-electron chi connectivity index (χ0n) is 15.1. The summed E-state index contributed by atoms with van der Waals surface area (Å²) in [5.41, 5.74) is 1.41. The predicted octanol–water partition coefficient (Wildman–Crippen LogP) is 2.72. The molecule has 0 unspecified atom stereocenters. The molecule has 1 aliphatic heterocycles. The first-order valence-electron chi connectivity index (χ1n) is 8.86. The highest BCUT2D eigenvalue weighted by atomic mass is 16.5. The lowest BCUT2D eigenvalue weighted by molar-refractivity contribution is -0.143. The molecule has 1 saturated heterocycles. The number of rotatable bonds is 6. The van der Waals surface area contributed by atoms with Gasteiger partial charge in [-0.1, -0.05) is 18.2 Å². The number of aromatic nitrogens is 1. The van der Waals surface area contributed by atoms with Crippen LogP contribution in [0.5, 0.6) is 0 Å². The van der Waals surface area contributed by atoms with Gasteiger partial charge in [0.1, 0.15) is 5.60 Å². The fourth-order valence-electron chi connectivity index (χ4n) is 3.34. The van der Waals surface area contributed by atoms with Crippen LogP contribution in [0.2, 0.25) is 0 Å². The zero-order chi connectivity index (χ0) is 17.9. The highest BCUT2D eigenvalue weighted by Crippen LogP contribution is 2.24. The van der Waals surface area contributed by atoms with Crippen LogP contribution in [0.4, 0.5) is 0 Å². The topological polar surface area (TPSA) is 60.5 Å². The van der Waals surface area contributed by atoms with Crippen molar-refractivity contribution in [3.05, 3.63) is 42.1 Å². The van der Waals surface area contributed by atoms with Crippen LogP contribution in [0.15, 0.2) is 36.5 Å². The summed E-state index contributed by atoms with van der Waals surface area (Å²) < 4.78 is 11.2. The van der Waals surface area contributed by atoms with Gasteiger partial charge in [0.15, 0.2) is 0 Å². The van der Waals surface area contributed by atoms with Crippen LogP contribution in [0, 0.1) is 5.92 Å². The van der Waals surface area contributed by atoms with Gasteiger partial charge in [0, 0.05) is 24.1 Å². The lowest BCUT2D eigenvalue weighted by Gasteiger charge is -2.27. The Morgan fingerprint density at radius 1 is 1.32 bits per heavy atom. The lowest BCUT2D eigenvalue weighted by Crippen LogP contribution is -2.50. The van der Waals surface area contributed by atoms with Crippen molar-refractivity contribution in [1.82, 2.24) is 10.3 Å². The van der Waals surface area contributed by atoms with Gasteiger partial charge in [-0.25, -0.2) is 0 Å². The van der Waals surface area contributed by atoms with Gasteiger partial charge < -0.3 is 14.8 Å². The van der Waals surface area contributed by atoms with E-state index >= 15 is 0 Å². The maximum Gasteiger partial charge on any atom is 0.251 e. The quantitative estimate of drug-likeness (QED) is 0.877. The summed E-state index contributed by atoms with van der Waals surface area (Å²) in [7, 11) is 0. The van der Waals surface area contributed by atoms with E-state index in [0.29, 0.717) is 19.8 Å². The summed E-state index contributed by atoms with van der Waals surface area (Å²) >= 11 is 0. The normalized spacial score (nSPS) is 20.8. The third-order valence-corrected chi connectivity index (χ3v) is 4.79. The van der Waals surface area contributed by atoms with Crippen molar-refractivity contribution < 1.29 is 14.3 Å². The average molecular weight is 342 g/mol. The van der Waals surface area contributed by atoms with Gasteiger partial charge in [-0.15, -0.1) is 0 Å². The van der Waals surface area contributed by atoms with Crippen LogP contribution in [0.1, 0.15) is 26.3 Å². The Morgan fingerprint density at radius 3 is 2.92 bits per heavy atom. The fraction of sp³-hybridized carbons (Fsp3) is 0.500. The number of hydrogen-bond acceptors (Lipinski definition) is 4. The number of nitrogens with one attached hydrogen (secondary N) is 1. The summed E-state index contributed by atoms with van der Waals surface area (Å²) in [5.74, 6) is 0.154. The Bertz CT molecular complexity index is 739. The fourth-order valence-corrected chi connectivity index (χ4v) is 3.34. The Hall–Kier alpha value is -1.98. The van der Waals surface area contributed by atoms with Gasteiger partial charge in [-0.05, 0) is 44.9 Å². The summed E-state index contributed by atoms with van der Waals surface area (Å²) in [6.45, 7) is 7.19. The van der Waals surface area contributed by atoms with Crippen molar-refractivity contribution in [3.63, 3.8) is 0 Å². The number of nitrogens with zero attached hydrogens (tertiary/aromatic N) is 1. The molecule has 3 rings (SSSR count). The Morgan fingerprint density at radius 2 is 2.12 bits per heavy atom. The van der Waals surface area contributed by atoms with E-state index < -0.39 is 5.60 Å². The SMILES string of the molecule is CCOC(C)(C)C(=O)N[C@@H]1COC[C@H]1Cc1ccnc2ccccc12. The number of para-hydroxylation sites is 1. The number of amides is 1. The molecule has 1 aromatic heterocycles. The summed E-state index contributed by atoms with van der Waals surface area (Å²) in [6.07, 6.45) is 2.70. The molecule has 1 fully saturated rings. The largest absolute Gasteiger partial charge is 0.379 e. The predicted molar refractivity (Wildman–Crippen MR) is 97.4 cm³/mol. The molecular weight excluding hydrogens is 316 g/mol. The first kappa shape index (κ1) is 17.8. The molecule has 2 aromatic rings. The number of hydrogen-bond donors (Lipinski definition) is 1. The summed E-state index contributed by atoms with van der Waals surface area (Å²) in [6, 6.07) is 10.2. The van der Waals surface area contributed by atoms with E-state index in [0.717, 1.165) is 17.3 Å². The van der Waals surface area contributed by atoms with Crippen molar-refractivity contribution in [1.29, 1.82) is 0 Å². The molecule has 0 spiro atoms. The highest BCUT2D eigenvalue weighted by Gasteiger charge is 2.35. The number of fused-ring (bicyclic) bond motifs is 1. The van der Waals surface area contributed by atoms with Crippen molar-refractivity contribution in [2.24, 2.45) is 5.92 Å². The van der Waals surface area contributed by atoms with Gasteiger partial charge in [0.05, 0.1) is 24.8 Å². The first-order chi connectivity index (χ1) is 12.0. The number of carbonyl (C=O) groups is 1. The molecule has 1 aromatic carbocycles. The minimum Gasteiger partial charge on any atom is -0.379 e. The van der Waals surface area contributed by atoms with E-state index in [-0.39, 0.29) is 17.9 Å². The Balaban J connectivity index is 1.72. The van der Waals surface area contributed by atoms with Crippen LogP contribution in [0.25, 0.3) is 10.9 Å². The lowest BCUT2D eigenvalue weighted by atomic mass is 9.92. The molecule has 134 valence electrons. The second kappa shape index (κ2) is 7.50. The summed E-state index contributed by atoms with van der Waals surface area (Å²) in [4.78, 5) is 16.9. The van der Waals surface area contributed by atoms with E-state index in [9.17, 15) is 4.79 Å². The maximum atomic E-state index is 12.5. The molecule has 2 atom stereocenters. The summed E-state index contributed by atoms with van der Waals surface area (Å²) in [5, 5.41) is 4.28. The first-order valence-corrected chi connectivity index (χ1v) is 8.86. The van der Waals surface area contributed by atoms with Gasteiger partial charge >= 0.3 is 0 Å². The molecule has 0 aliphatic carbocycles. The van der Waals surface area contributed by atoms with Gasteiger partial charge in [0.2, 0.25) is 0 Å². The maximum absolute atomic E-state index is 12.5. The molecule has 1 N–H and O–H groups in total. The number of carbonyl (C=O) groups excluding carboxylic acids is 1. The van der Waals surface area contributed by atoms with Crippen LogP contribution >= 0.6 is 0 Å². The molecule has 1 aliphatic rings. The minimum absolute atomic E-state index is 0.000779. The second-order valence-corrected chi connectivity index (χ2v) is 7.01. The molecule has 0 radical (unpaired) electrons. The van der Waals surface area contributed by atoms with E-state index in [1.54, 1.807) is 13.8 Å². The minimum atomic E-state index is -0.828. The zero-order valence-corrected chi connectivity index (χ0v) is 15.1. The van der Waals surface area contributed by atoms with Crippen LogP contribution < -0.4 is 5.32 Å². The molecule has 0 saturated carbocycles. The third kappa shape index (κ3) is 3.99. The van der Waals surface area contributed by atoms with Crippen LogP contribution in [0.3, 0.4) is 0 Å². The molecule has 5 heteroatoms. The van der Waals surface area contributed by atoms with E-state index in [1.807, 2.05) is 31.3 Å². The van der Waals surface area contributed by atoms with Crippen molar-refractivity contribution >= 4 is 16.8 Å². The van der Waals surface area contributed by atoms with Crippen molar-refractivity contribution in [2.45, 2.75) is 38.8 Å². The number of benzene rings is 1. The number of ether oxygens (including phenoxy) is 2. The Labute approximate surface area is 148 Å².